The number of amidine groups is 1. The van der Waals surface area contributed by atoms with E-state index in [2.05, 4.69) is 10.4 Å². The molecule has 1 aliphatic rings. The molecule has 0 unspecified atom stereocenters. The first-order valence-corrected chi connectivity index (χ1v) is 4.36. The molecular formula is C8H17N3. The third kappa shape index (κ3) is 2.50. The van der Waals surface area contributed by atoms with Gasteiger partial charge in [-0.15, -0.1) is 0 Å². The molecule has 0 saturated heterocycles. The Balaban J connectivity index is 2.24. The summed E-state index contributed by atoms with van der Waals surface area (Å²) in [6, 6.07) is 0. The minimum absolute atomic E-state index is 0.826. The molecule has 3 heteroatoms. The second-order valence-corrected chi connectivity index (χ2v) is 3.07. The average Bonchev–Trinajstić information content (AvgIpc) is 1.94. The monoisotopic (exact) mass is 155 g/mol. The van der Waals surface area contributed by atoms with Crippen LogP contribution in [-0.2, 0) is 0 Å². The zero-order valence-electron chi connectivity index (χ0n) is 7.14. The quantitative estimate of drug-likeness (QED) is 0.277. The SMILES string of the molecule is CCN=C(CC1CCC1)NN. The molecule has 0 aromatic carbocycles. The summed E-state index contributed by atoms with van der Waals surface area (Å²) < 4.78 is 0. The molecule has 0 atom stereocenters. The topological polar surface area (TPSA) is 50.4 Å². The standard InChI is InChI=1S/C8H17N3/c1-2-10-8(11-9)6-7-4-3-5-7/h7H,2-6,9H2,1H3,(H,10,11). The van der Waals surface area contributed by atoms with Gasteiger partial charge in [0.1, 0.15) is 5.84 Å². The van der Waals surface area contributed by atoms with Crippen molar-refractivity contribution >= 4 is 5.84 Å². The van der Waals surface area contributed by atoms with E-state index in [1.807, 2.05) is 6.92 Å². The second-order valence-electron chi connectivity index (χ2n) is 3.07. The lowest BCUT2D eigenvalue weighted by atomic mass is 9.83. The van der Waals surface area contributed by atoms with E-state index < -0.39 is 0 Å². The summed E-state index contributed by atoms with van der Waals surface area (Å²) in [6.45, 7) is 2.85. The Labute approximate surface area is 68.0 Å². The smallest absolute Gasteiger partial charge is 0.110 e. The van der Waals surface area contributed by atoms with Crippen molar-refractivity contribution in [2.45, 2.75) is 32.6 Å². The van der Waals surface area contributed by atoms with Crippen LogP contribution in [0.5, 0.6) is 0 Å². The van der Waals surface area contributed by atoms with E-state index in [1.54, 1.807) is 0 Å². The second kappa shape index (κ2) is 4.34. The van der Waals surface area contributed by atoms with Crippen LogP contribution >= 0.6 is 0 Å². The largest absolute Gasteiger partial charge is 0.312 e. The molecule has 1 saturated carbocycles. The normalized spacial score (nSPS) is 19.6. The minimum atomic E-state index is 0.826. The summed E-state index contributed by atoms with van der Waals surface area (Å²) in [4.78, 5) is 4.24. The van der Waals surface area contributed by atoms with E-state index in [0.717, 1.165) is 24.7 Å². The summed E-state index contributed by atoms with van der Waals surface area (Å²) in [6.07, 6.45) is 5.13. The van der Waals surface area contributed by atoms with Crippen LogP contribution in [0.25, 0.3) is 0 Å². The number of hydrazine groups is 1. The Morgan fingerprint density at radius 1 is 1.64 bits per heavy atom. The lowest BCUT2D eigenvalue weighted by Crippen LogP contribution is -2.33. The Morgan fingerprint density at radius 2 is 2.36 bits per heavy atom. The molecule has 0 amide bonds. The van der Waals surface area contributed by atoms with Crippen molar-refractivity contribution < 1.29 is 0 Å². The number of nitrogens with zero attached hydrogens (tertiary/aromatic N) is 1. The Bertz CT molecular complexity index is 138. The molecule has 1 aliphatic carbocycles. The highest BCUT2D eigenvalue weighted by molar-refractivity contribution is 5.81. The van der Waals surface area contributed by atoms with Crippen LogP contribution in [-0.4, -0.2) is 12.4 Å². The van der Waals surface area contributed by atoms with E-state index in [-0.39, 0.29) is 0 Å². The maximum atomic E-state index is 5.31. The first kappa shape index (κ1) is 8.53. The lowest BCUT2D eigenvalue weighted by molar-refractivity contribution is 0.324. The number of hydrogen-bond donors (Lipinski definition) is 2. The zero-order valence-corrected chi connectivity index (χ0v) is 7.14. The molecule has 11 heavy (non-hydrogen) atoms. The molecule has 0 heterocycles. The molecular weight excluding hydrogens is 138 g/mol. The highest BCUT2D eigenvalue weighted by Crippen LogP contribution is 2.29. The van der Waals surface area contributed by atoms with Crippen LogP contribution in [0.15, 0.2) is 4.99 Å². The van der Waals surface area contributed by atoms with Crippen molar-refractivity contribution in [1.29, 1.82) is 0 Å². The van der Waals surface area contributed by atoms with Gasteiger partial charge in [0.05, 0.1) is 0 Å². The molecule has 0 aromatic heterocycles. The maximum Gasteiger partial charge on any atom is 0.110 e. The van der Waals surface area contributed by atoms with Crippen molar-refractivity contribution in [1.82, 2.24) is 5.43 Å². The van der Waals surface area contributed by atoms with E-state index in [1.165, 1.54) is 19.3 Å². The van der Waals surface area contributed by atoms with Crippen LogP contribution in [0.3, 0.4) is 0 Å². The molecule has 3 N–H and O–H groups in total. The highest BCUT2D eigenvalue weighted by atomic mass is 15.2. The minimum Gasteiger partial charge on any atom is -0.312 e. The van der Waals surface area contributed by atoms with Gasteiger partial charge in [0.15, 0.2) is 0 Å². The lowest BCUT2D eigenvalue weighted by Gasteiger charge is -2.25. The number of nitrogens with two attached hydrogens (primary N) is 1. The van der Waals surface area contributed by atoms with E-state index in [0.29, 0.717) is 0 Å². The third-order valence-corrected chi connectivity index (χ3v) is 2.22. The fourth-order valence-electron chi connectivity index (χ4n) is 1.33. The average molecular weight is 155 g/mol. The van der Waals surface area contributed by atoms with Gasteiger partial charge in [-0.1, -0.05) is 19.3 Å². The van der Waals surface area contributed by atoms with Gasteiger partial charge in [0.25, 0.3) is 0 Å². The molecule has 0 aromatic rings. The molecule has 64 valence electrons. The van der Waals surface area contributed by atoms with Gasteiger partial charge >= 0.3 is 0 Å². The molecule has 1 rings (SSSR count). The first-order valence-electron chi connectivity index (χ1n) is 4.36. The fourth-order valence-corrected chi connectivity index (χ4v) is 1.33. The van der Waals surface area contributed by atoms with Gasteiger partial charge in [-0.2, -0.15) is 0 Å². The molecule has 0 spiro atoms. The van der Waals surface area contributed by atoms with E-state index in [4.69, 9.17) is 5.84 Å². The van der Waals surface area contributed by atoms with Gasteiger partial charge in [-0.05, 0) is 12.8 Å². The molecule has 0 aliphatic heterocycles. The summed E-state index contributed by atoms with van der Waals surface area (Å²) >= 11 is 0. The number of aliphatic imine (C=N–C) groups is 1. The van der Waals surface area contributed by atoms with Gasteiger partial charge in [-0.3, -0.25) is 4.99 Å². The van der Waals surface area contributed by atoms with Gasteiger partial charge in [-0.25, -0.2) is 5.84 Å². The highest BCUT2D eigenvalue weighted by Gasteiger charge is 2.18. The predicted octanol–water partition coefficient (Wildman–Crippen LogP) is 1.06. The summed E-state index contributed by atoms with van der Waals surface area (Å²) in [5.41, 5.74) is 2.65. The Hall–Kier alpha value is -0.570. The predicted molar refractivity (Wildman–Crippen MR) is 47.3 cm³/mol. The number of hydrogen-bond acceptors (Lipinski definition) is 2. The maximum absolute atomic E-state index is 5.31. The molecule has 1 fully saturated rings. The summed E-state index contributed by atoms with van der Waals surface area (Å²) in [5.74, 6) is 7.12. The van der Waals surface area contributed by atoms with Crippen molar-refractivity contribution in [3.63, 3.8) is 0 Å². The molecule has 0 radical (unpaired) electrons. The van der Waals surface area contributed by atoms with Crippen LogP contribution in [0.4, 0.5) is 0 Å². The molecule has 3 nitrogen and oxygen atoms in total. The summed E-state index contributed by atoms with van der Waals surface area (Å²) in [7, 11) is 0. The first-order chi connectivity index (χ1) is 5.36. The number of nitrogens with one attached hydrogen (secondary N) is 1. The Morgan fingerprint density at radius 3 is 2.73 bits per heavy atom. The van der Waals surface area contributed by atoms with E-state index in [9.17, 15) is 0 Å². The zero-order chi connectivity index (χ0) is 8.10. The van der Waals surface area contributed by atoms with Crippen molar-refractivity contribution in [3.05, 3.63) is 0 Å². The van der Waals surface area contributed by atoms with Gasteiger partial charge in [0.2, 0.25) is 0 Å². The van der Waals surface area contributed by atoms with Crippen LogP contribution in [0.1, 0.15) is 32.6 Å². The van der Waals surface area contributed by atoms with Crippen molar-refractivity contribution in [3.8, 4) is 0 Å². The van der Waals surface area contributed by atoms with Crippen molar-refractivity contribution in [2.75, 3.05) is 6.54 Å². The van der Waals surface area contributed by atoms with Gasteiger partial charge < -0.3 is 5.43 Å². The fraction of sp³-hybridized carbons (Fsp3) is 0.875. The summed E-state index contributed by atoms with van der Waals surface area (Å²) in [5, 5.41) is 0. The van der Waals surface area contributed by atoms with Crippen LogP contribution in [0, 0.1) is 5.92 Å². The molecule has 0 bridgehead atoms. The van der Waals surface area contributed by atoms with E-state index >= 15 is 0 Å². The van der Waals surface area contributed by atoms with Crippen LogP contribution < -0.4 is 11.3 Å². The number of rotatable bonds is 3. The van der Waals surface area contributed by atoms with Gasteiger partial charge in [0, 0.05) is 13.0 Å². The van der Waals surface area contributed by atoms with Crippen LogP contribution in [0.2, 0.25) is 0 Å². The third-order valence-electron chi connectivity index (χ3n) is 2.22. The Kier molecular flexibility index (Phi) is 3.36. The van der Waals surface area contributed by atoms with Crippen molar-refractivity contribution in [2.24, 2.45) is 16.8 Å².